The number of benzene rings is 2. The van der Waals surface area contributed by atoms with Crippen molar-refractivity contribution in [2.45, 2.75) is 6.54 Å². The molecule has 5 nitrogen and oxygen atoms in total. The third kappa shape index (κ3) is 2.69. The Morgan fingerprint density at radius 3 is 2.70 bits per heavy atom. The van der Waals surface area contributed by atoms with Crippen molar-refractivity contribution in [3.05, 3.63) is 95.0 Å². The molecule has 130 valence electrons. The standard InChI is InChI=1S/C22H16N4O/c27-21-12-16(17-7-1-2-8-18(17)24-21)14-26-20-10-4-3-9-19(20)25-22(26)15-6-5-11-23-13-15/h1-13H,14H2,(H,24,27). The van der Waals surface area contributed by atoms with Gasteiger partial charge in [0.2, 0.25) is 5.56 Å². The van der Waals surface area contributed by atoms with Gasteiger partial charge in [-0.05, 0) is 35.9 Å². The van der Waals surface area contributed by atoms with Gasteiger partial charge in [0.1, 0.15) is 5.82 Å². The summed E-state index contributed by atoms with van der Waals surface area (Å²) in [4.78, 5) is 24.1. The van der Waals surface area contributed by atoms with Gasteiger partial charge in [0, 0.05) is 34.9 Å². The topological polar surface area (TPSA) is 63.6 Å². The molecule has 2 aromatic carbocycles. The fourth-order valence-corrected chi connectivity index (χ4v) is 3.53. The molecule has 5 aromatic rings. The number of para-hydroxylation sites is 3. The molecule has 0 fully saturated rings. The van der Waals surface area contributed by atoms with Crippen LogP contribution in [-0.4, -0.2) is 19.5 Å². The molecule has 3 heterocycles. The van der Waals surface area contributed by atoms with Crippen LogP contribution in [0, 0.1) is 0 Å². The van der Waals surface area contributed by atoms with E-state index in [1.165, 1.54) is 0 Å². The van der Waals surface area contributed by atoms with Gasteiger partial charge in [-0.15, -0.1) is 0 Å². The zero-order valence-electron chi connectivity index (χ0n) is 14.5. The maximum absolute atomic E-state index is 12.2. The maximum atomic E-state index is 12.2. The first-order chi connectivity index (χ1) is 13.3. The summed E-state index contributed by atoms with van der Waals surface area (Å²) in [6, 6.07) is 21.5. The van der Waals surface area contributed by atoms with Crippen molar-refractivity contribution >= 4 is 21.9 Å². The predicted molar refractivity (Wildman–Crippen MR) is 107 cm³/mol. The molecule has 0 spiro atoms. The highest BCUT2D eigenvalue weighted by atomic mass is 16.1. The Balaban J connectivity index is 1.76. The maximum Gasteiger partial charge on any atom is 0.248 e. The lowest BCUT2D eigenvalue weighted by molar-refractivity contribution is 0.837. The number of aromatic nitrogens is 4. The van der Waals surface area contributed by atoms with Crippen LogP contribution in [0.5, 0.6) is 0 Å². The van der Waals surface area contributed by atoms with E-state index >= 15 is 0 Å². The predicted octanol–water partition coefficient (Wildman–Crippen LogP) is 3.99. The summed E-state index contributed by atoms with van der Waals surface area (Å²) in [5.41, 5.74) is 4.60. The summed E-state index contributed by atoms with van der Waals surface area (Å²) >= 11 is 0. The Hall–Kier alpha value is -3.73. The fraction of sp³-hybridized carbons (Fsp3) is 0.0455. The van der Waals surface area contributed by atoms with E-state index in [1.807, 2.05) is 60.8 Å². The molecule has 3 aromatic heterocycles. The molecule has 0 atom stereocenters. The lowest BCUT2D eigenvalue weighted by atomic mass is 10.1. The SMILES string of the molecule is O=c1cc(Cn2c(-c3cccnc3)nc3ccccc32)c2ccccc2[nH]1. The fourth-order valence-electron chi connectivity index (χ4n) is 3.53. The van der Waals surface area contributed by atoms with Crippen molar-refractivity contribution in [2.75, 3.05) is 0 Å². The van der Waals surface area contributed by atoms with Crippen molar-refractivity contribution in [1.82, 2.24) is 19.5 Å². The number of hydrogen-bond acceptors (Lipinski definition) is 3. The number of rotatable bonds is 3. The Morgan fingerprint density at radius 1 is 0.963 bits per heavy atom. The number of nitrogens with zero attached hydrogens (tertiary/aromatic N) is 3. The third-order valence-corrected chi connectivity index (χ3v) is 4.74. The number of hydrogen-bond donors (Lipinski definition) is 1. The number of aromatic amines is 1. The normalized spacial score (nSPS) is 11.3. The Morgan fingerprint density at radius 2 is 1.81 bits per heavy atom. The number of nitrogens with one attached hydrogen (secondary N) is 1. The van der Waals surface area contributed by atoms with Gasteiger partial charge >= 0.3 is 0 Å². The second-order valence-electron chi connectivity index (χ2n) is 6.46. The third-order valence-electron chi connectivity index (χ3n) is 4.74. The summed E-state index contributed by atoms with van der Waals surface area (Å²) in [6.45, 7) is 0.551. The van der Waals surface area contributed by atoms with Gasteiger partial charge in [-0.1, -0.05) is 30.3 Å². The van der Waals surface area contributed by atoms with E-state index in [-0.39, 0.29) is 5.56 Å². The molecule has 0 saturated carbocycles. The van der Waals surface area contributed by atoms with Gasteiger partial charge in [-0.2, -0.15) is 0 Å². The molecule has 0 unspecified atom stereocenters. The first-order valence-electron chi connectivity index (χ1n) is 8.76. The highest BCUT2D eigenvalue weighted by molar-refractivity contribution is 5.83. The molecule has 0 aliphatic heterocycles. The smallest absolute Gasteiger partial charge is 0.248 e. The minimum Gasteiger partial charge on any atom is -0.322 e. The van der Waals surface area contributed by atoms with E-state index in [0.717, 1.165) is 38.9 Å². The van der Waals surface area contributed by atoms with Crippen molar-refractivity contribution in [1.29, 1.82) is 0 Å². The van der Waals surface area contributed by atoms with E-state index in [2.05, 4.69) is 20.6 Å². The largest absolute Gasteiger partial charge is 0.322 e. The van der Waals surface area contributed by atoms with Crippen LogP contribution in [0.15, 0.2) is 83.9 Å². The number of pyridine rings is 2. The molecule has 5 rings (SSSR count). The van der Waals surface area contributed by atoms with Gasteiger partial charge in [0.05, 0.1) is 17.6 Å². The van der Waals surface area contributed by atoms with Gasteiger partial charge in [-0.25, -0.2) is 4.98 Å². The minimum absolute atomic E-state index is 0.101. The first kappa shape index (κ1) is 15.5. The average Bonchev–Trinajstić information content (AvgIpc) is 3.07. The van der Waals surface area contributed by atoms with Crippen molar-refractivity contribution in [3.8, 4) is 11.4 Å². The van der Waals surface area contributed by atoms with Crippen molar-refractivity contribution in [2.24, 2.45) is 0 Å². The second-order valence-corrected chi connectivity index (χ2v) is 6.46. The highest BCUT2D eigenvalue weighted by Crippen LogP contribution is 2.26. The Bertz CT molecular complexity index is 1320. The first-order valence-corrected chi connectivity index (χ1v) is 8.76. The van der Waals surface area contributed by atoms with Gasteiger partial charge in [0.25, 0.3) is 0 Å². The van der Waals surface area contributed by atoms with Gasteiger partial charge < -0.3 is 9.55 Å². The lowest BCUT2D eigenvalue weighted by Gasteiger charge is -2.11. The molecular formula is C22H16N4O. The lowest BCUT2D eigenvalue weighted by Crippen LogP contribution is -2.10. The van der Waals surface area contributed by atoms with E-state index in [4.69, 9.17) is 4.98 Å². The van der Waals surface area contributed by atoms with Crippen LogP contribution in [-0.2, 0) is 6.54 Å². The summed E-state index contributed by atoms with van der Waals surface area (Å²) in [5, 5.41) is 1.03. The zero-order valence-corrected chi connectivity index (χ0v) is 14.5. The quantitative estimate of drug-likeness (QED) is 0.534. The van der Waals surface area contributed by atoms with E-state index < -0.39 is 0 Å². The van der Waals surface area contributed by atoms with Crippen LogP contribution in [0.25, 0.3) is 33.3 Å². The Labute approximate surface area is 155 Å². The number of fused-ring (bicyclic) bond motifs is 2. The molecule has 0 saturated heterocycles. The second kappa shape index (κ2) is 6.21. The van der Waals surface area contributed by atoms with Crippen LogP contribution < -0.4 is 5.56 Å². The van der Waals surface area contributed by atoms with Crippen LogP contribution in [0.4, 0.5) is 0 Å². The van der Waals surface area contributed by atoms with Crippen LogP contribution >= 0.6 is 0 Å². The van der Waals surface area contributed by atoms with E-state index in [1.54, 1.807) is 12.3 Å². The van der Waals surface area contributed by atoms with E-state index in [0.29, 0.717) is 6.54 Å². The molecule has 5 heteroatoms. The molecule has 1 N–H and O–H groups in total. The summed E-state index contributed by atoms with van der Waals surface area (Å²) in [7, 11) is 0. The van der Waals surface area contributed by atoms with Crippen LogP contribution in [0.1, 0.15) is 5.56 Å². The minimum atomic E-state index is -0.101. The van der Waals surface area contributed by atoms with Crippen molar-refractivity contribution < 1.29 is 0 Å². The Kier molecular flexibility index (Phi) is 3.57. The summed E-state index contributed by atoms with van der Waals surface area (Å²) in [6.07, 6.45) is 3.56. The van der Waals surface area contributed by atoms with Gasteiger partial charge in [0.15, 0.2) is 0 Å². The summed E-state index contributed by atoms with van der Waals surface area (Å²) < 4.78 is 2.15. The molecule has 27 heavy (non-hydrogen) atoms. The average molecular weight is 352 g/mol. The van der Waals surface area contributed by atoms with Crippen LogP contribution in [0.2, 0.25) is 0 Å². The molecule has 0 radical (unpaired) electrons. The summed E-state index contributed by atoms with van der Waals surface area (Å²) in [5.74, 6) is 0.841. The highest BCUT2D eigenvalue weighted by Gasteiger charge is 2.14. The van der Waals surface area contributed by atoms with Crippen LogP contribution in [0.3, 0.4) is 0 Å². The van der Waals surface area contributed by atoms with Crippen molar-refractivity contribution in [3.63, 3.8) is 0 Å². The zero-order chi connectivity index (χ0) is 18.2. The molecule has 0 bridgehead atoms. The molecule has 0 amide bonds. The molecule has 0 aliphatic carbocycles. The number of H-pyrrole nitrogens is 1. The monoisotopic (exact) mass is 352 g/mol. The number of imidazole rings is 1. The van der Waals surface area contributed by atoms with E-state index in [9.17, 15) is 4.79 Å². The molecular weight excluding hydrogens is 336 g/mol. The molecule has 0 aliphatic rings. The van der Waals surface area contributed by atoms with Gasteiger partial charge in [-0.3, -0.25) is 9.78 Å².